The lowest BCUT2D eigenvalue weighted by atomic mass is 10.3. The summed E-state index contributed by atoms with van der Waals surface area (Å²) in [6.07, 6.45) is 1.39. The maximum Gasteiger partial charge on any atom is 0.268 e. The van der Waals surface area contributed by atoms with E-state index in [1.54, 1.807) is 6.07 Å². The SMILES string of the molecule is NNC(=O)c1coc(CN2CCS(=O)CC2)c1. The van der Waals surface area contributed by atoms with E-state index in [-0.39, 0.29) is 5.91 Å². The Balaban J connectivity index is 1.93. The predicted octanol–water partition coefficient (Wildman–Crippen LogP) is -0.553. The molecule has 3 N–H and O–H groups in total. The molecule has 2 heterocycles. The van der Waals surface area contributed by atoms with Crippen molar-refractivity contribution in [1.82, 2.24) is 10.3 Å². The molecule has 1 amide bonds. The van der Waals surface area contributed by atoms with E-state index in [1.165, 1.54) is 6.26 Å². The molecular formula is C10H15N3O3S. The minimum Gasteiger partial charge on any atom is -0.467 e. The van der Waals surface area contributed by atoms with Gasteiger partial charge in [0.1, 0.15) is 12.0 Å². The minimum atomic E-state index is -0.675. The molecule has 1 aromatic heterocycles. The van der Waals surface area contributed by atoms with Crippen molar-refractivity contribution in [2.24, 2.45) is 5.84 Å². The average Bonchev–Trinajstić information content (AvgIpc) is 2.80. The minimum absolute atomic E-state index is 0.361. The van der Waals surface area contributed by atoms with Gasteiger partial charge in [-0.1, -0.05) is 0 Å². The molecule has 94 valence electrons. The molecule has 17 heavy (non-hydrogen) atoms. The van der Waals surface area contributed by atoms with E-state index < -0.39 is 10.8 Å². The van der Waals surface area contributed by atoms with Gasteiger partial charge in [0.15, 0.2) is 0 Å². The molecule has 0 aromatic carbocycles. The van der Waals surface area contributed by atoms with Crippen molar-refractivity contribution in [2.45, 2.75) is 6.54 Å². The maximum atomic E-state index is 11.2. The molecule has 1 aliphatic rings. The van der Waals surface area contributed by atoms with E-state index in [2.05, 4.69) is 10.3 Å². The number of rotatable bonds is 3. The highest BCUT2D eigenvalue weighted by atomic mass is 32.2. The van der Waals surface area contributed by atoms with Crippen molar-refractivity contribution in [3.63, 3.8) is 0 Å². The Hall–Kier alpha value is -1.18. The zero-order chi connectivity index (χ0) is 12.3. The molecule has 0 aliphatic carbocycles. The number of nitrogens with one attached hydrogen (secondary N) is 1. The summed E-state index contributed by atoms with van der Waals surface area (Å²) in [5, 5.41) is 0. The molecular weight excluding hydrogens is 242 g/mol. The standard InChI is InChI=1S/C10H15N3O3S/c11-12-10(14)8-5-9(16-7-8)6-13-1-3-17(15)4-2-13/h5,7H,1-4,6,11H2,(H,12,14). The van der Waals surface area contributed by atoms with Crippen LogP contribution in [0.3, 0.4) is 0 Å². The van der Waals surface area contributed by atoms with Gasteiger partial charge in [-0.2, -0.15) is 0 Å². The van der Waals surface area contributed by atoms with Gasteiger partial charge in [0.25, 0.3) is 5.91 Å². The average molecular weight is 257 g/mol. The van der Waals surface area contributed by atoms with E-state index in [9.17, 15) is 9.00 Å². The molecule has 0 unspecified atom stereocenters. The predicted molar refractivity (Wildman–Crippen MR) is 63.5 cm³/mol. The summed E-state index contributed by atoms with van der Waals surface area (Å²) in [6.45, 7) is 2.23. The van der Waals surface area contributed by atoms with Gasteiger partial charge in [-0.05, 0) is 6.07 Å². The van der Waals surface area contributed by atoms with Crippen LogP contribution >= 0.6 is 0 Å². The zero-order valence-electron chi connectivity index (χ0n) is 9.35. The number of hydrogen-bond acceptors (Lipinski definition) is 5. The summed E-state index contributed by atoms with van der Waals surface area (Å²) in [6, 6.07) is 1.67. The van der Waals surface area contributed by atoms with Gasteiger partial charge in [0.2, 0.25) is 0 Å². The van der Waals surface area contributed by atoms with E-state index in [4.69, 9.17) is 10.3 Å². The molecule has 0 saturated carbocycles. The second kappa shape index (κ2) is 5.44. The Morgan fingerprint density at radius 1 is 1.53 bits per heavy atom. The lowest BCUT2D eigenvalue weighted by Crippen LogP contribution is -2.37. The topological polar surface area (TPSA) is 88.6 Å². The van der Waals surface area contributed by atoms with E-state index in [0.29, 0.717) is 23.6 Å². The van der Waals surface area contributed by atoms with Crippen molar-refractivity contribution < 1.29 is 13.4 Å². The largest absolute Gasteiger partial charge is 0.467 e. The monoisotopic (exact) mass is 257 g/mol. The second-order valence-corrected chi connectivity index (χ2v) is 5.60. The number of nitrogens with zero attached hydrogens (tertiary/aromatic N) is 1. The summed E-state index contributed by atoms with van der Waals surface area (Å²) in [4.78, 5) is 13.4. The third-order valence-corrected chi connectivity index (χ3v) is 3.97. The van der Waals surface area contributed by atoms with Crippen LogP contribution in [-0.2, 0) is 17.3 Å². The Labute approximate surface area is 102 Å². The van der Waals surface area contributed by atoms with Crippen LogP contribution < -0.4 is 11.3 Å². The van der Waals surface area contributed by atoms with Crippen molar-refractivity contribution in [3.05, 3.63) is 23.7 Å². The number of nitrogens with two attached hydrogens (primary N) is 1. The molecule has 0 radical (unpaired) electrons. The number of carbonyl (C=O) groups is 1. The normalized spacial score (nSPS) is 18.2. The summed E-state index contributed by atoms with van der Waals surface area (Å²) in [5.74, 6) is 6.80. The van der Waals surface area contributed by atoms with Crippen LogP contribution in [0.25, 0.3) is 0 Å². The fourth-order valence-corrected chi connectivity index (χ4v) is 2.85. The van der Waals surface area contributed by atoms with Crippen molar-refractivity contribution in [1.29, 1.82) is 0 Å². The van der Waals surface area contributed by atoms with Gasteiger partial charge >= 0.3 is 0 Å². The number of carbonyl (C=O) groups excluding carboxylic acids is 1. The van der Waals surface area contributed by atoms with E-state index in [1.807, 2.05) is 0 Å². The molecule has 7 heteroatoms. The van der Waals surface area contributed by atoms with Crippen LogP contribution in [0.15, 0.2) is 16.7 Å². The number of hydrogen-bond donors (Lipinski definition) is 2. The van der Waals surface area contributed by atoms with Crippen LogP contribution in [0.1, 0.15) is 16.1 Å². The van der Waals surface area contributed by atoms with Crippen LogP contribution in [-0.4, -0.2) is 39.6 Å². The number of hydrazine groups is 1. The molecule has 1 aliphatic heterocycles. The van der Waals surface area contributed by atoms with Crippen molar-refractivity contribution in [3.8, 4) is 0 Å². The van der Waals surface area contributed by atoms with Crippen LogP contribution in [0.4, 0.5) is 0 Å². The smallest absolute Gasteiger partial charge is 0.268 e. The Morgan fingerprint density at radius 2 is 2.24 bits per heavy atom. The highest BCUT2D eigenvalue weighted by Crippen LogP contribution is 2.12. The fourth-order valence-electron chi connectivity index (χ4n) is 1.72. The van der Waals surface area contributed by atoms with Gasteiger partial charge in [0, 0.05) is 35.4 Å². The van der Waals surface area contributed by atoms with Crippen LogP contribution in [0.2, 0.25) is 0 Å². The molecule has 1 aromatic rings. The molecule has 1 fully saturated rings. The van der Waals surface area contributed by atoms with E-state index >= 15 is 0 Å². The van der Waals surface area contributed by atoms with Gasteiger partial charge in [-0.15, -0.1) is 0 Å². The molecule has 1 saturated heterocycles. The first-order chi connectivity index (χ1) is 8.19. The third kappa shape index (κ3) is 3.15. The molecule has 6 nitrogen and oxygen atoms in total. The Bertz CT molecular complexity index is 422. The first kappa shape index (κ1) is 12.3. The summed E-state index contributed by atoms with van der Waals surface area (Å²) < 4.78 is 16.5. The quantitative estimate of drug-likeness (QED) is 0.431. The summed E-state index contributed by atoms with van der Waals surface area (Å²) in [7, 11) is -0.675. The number of nitrogen functional groups attached to an aromatic ring is 1. The van der Waals surface area contributed by atoms with Gasteiger partial charge in [0.05, 0.1) is 12.1 Å². The van der Waals surface area contributed by atoms with Gasteiger partial charge in [-0.3, -0.25) is 19.3 Å². The Kier molecular flexibility index (Phi) is 3.93. The molecule has 0 bridgehead atoms. The highest BCUT2D eigenvalue weighted by Gasteiger charge is 2.17. The molecule has 0 atom stereocenters. The van der Waals surface area contributed by atoms with E-state index in [0.717, 1.165) is 18.8 Å². The van der Waals surface area contributed by atoms with Gasteiger partial charge < -0.3 is 4.42 Å². The fraction of sp³-hybridized carbons (Fsp3) is 0.500. The highest BCUT2D eigenvalue weighted by molar-refractivity contribution is 7.85. The first-order valence-electron chi connectivity index (χ1n) is 5.34. The third-order valence-electron chi connectivity index (χ3n) is 2.70. The van der Waals surface area contributed by atoms with Crippen LogP contribution in [0, 0.1) is 0 Å². The lowest BCUT2D eigenvalue weighted by Gasteiger charge is -2.24. The van der Waals surface area contributed by atoms with Crippen LogP contribution in [0.5, 0.6) is 0 Å². The number of furan rings is 1. The summed E-state index contributed by atoms with van der Waals surface area (Å²) >= 11 is 0. The molecule has 2 rings (SSSR count). The van der Waals surface area contributed by atoms with Gasteiger partial charge in [-0.25, -0.2) is 5.84 Å². The maximum absolute atomic E-state index is 11.2. The van der Waals surface area contributed by atoms with Crippen molar-refractivity contribution >= 4 is 16.7 Å². The second-order valence-electron chi connectivity index (χ2n) is 3.90. The first-order valence-corrected chi connectivity index (χ1v) is 6.83. The zero-order valence-corrected chi connectivity index (χ0v) is 10.2. The lowest BCUT2D eigenvalue weighted by molar-refractivity contribution is 0.0953. The molecule has 0 spiro atoms. The van der Waals surface area contributed by atoms with Crippen molar-refractivity contribution in [2.75, 3.05) is 24.6 Å². The Morgan fingerprint density at radius 3 is 2.88 bits per heavy atom. The number of amides is 1. The summed E-state index contributed by atoms with van der Waals surface area (Å²) in [5.41, 5.74) is 2.47.